The van der Waals surface area contributed by atoms with Crippen LogP contribution in [0, 0.1) is 13.8 Å². The standard InChI is InChI=1S/C11H15ClN2.C7H8.C4H9NO2/c1-9-2-3-11(10(12)8-9)14-6-4-13-5-7-14;1-7-5-3-2-4-6-7;1-5(4-7)2-3-6/h2-3,8,13H,4-7H2,1H3;2-6H,1H3;4,6H,2-3H2,1H3. The molecule has 1 aliphatic heterocycles. The molecule has 2 aromatic carbocycles. The van der Waals surface area contributed by atoms with Gasteiger partial charge in [0, 0.05) is 39.8 Å². The van der Waals surface area contributed by atoms with Gasteiger partial charge in [0.15, 0.2) is 0 Å². The zero-order chi connectivity index (χ0) is 20.8. The molecule has 2 aromatic rings. The van der Waals surface area contributed by atoms with Crippen LogP contribution < -0.4 is 10.2 Å². The molecule has 28 heavy (non-hydrogen) atoms. The van der Waals surface area contributed by atoms with Gasteiger partial charge >= 0.3 is 0 Å². The van der Waals surface area contributed by atoms with Gasteiger partial charge in [0.2, 0.25) is 6.41 Å². The zero-order valence-electron chi connectivity index (χ0n) is 17.1. The quantitative estimate of drug-likeness (QED) is 0.767. The third-order valence-electron chi connectivity index (χ3n) is 4.13. The van der Waals surface area contributed by atoms with E-state index in [9.17, 15) is 4.79 Å². The molecule has 0 saturated carbocycles. The number of carbonyl (C=O) groups excluding carboxylic acids is 1. The molecule has 0 aromatic heterocycles. The Balaban J connectivity index is 0.000000237. The summed E-state index contributed by atoms with van der Waals surface area (Å²) < 4.78 is 0. The van der Waals surface area contributed by atoms with Crippen LogP contribution >= 0.6 is 11.6 Å². The molecule has 0 atom stereocenters. The van der Waals surface area contributed by atoms with E-state index in [2.05, 4.69) is 48.3 Å². The lowest BCUT2D eigenvalue weighted by Gasteiger charge is -2.30. The number of nitrogens with zero attached hydrogens (tertiary/aromatic N) is 2. The molecule has 0 radical (unpaired) electrons. The molecule has 1 amide bonds. The van der Waals surface area contributed by atoms with E-state index < -0.39 is 0 Å². The van der Waals surface area contributed by atoms with Crippen molar-refractivity contribution in [3.05, 3.63) is 64.7 Å². The van der Waals surface area contributed by atoms with Crippen molar-refractivity contribution in [2.75, 3.05) is 51.3 Å². The molecule has 0 unspecified atom stereocenters. The van der Waals surface area contributed by atoms with Crippen LogP contribution in [0.2, 0.25) is 5.02 Å². The van der Waals surface area contributed by atoms with Gasteiger partial charge in [0.1, 0.15) is 0 Å². The zero-order valence-corrected chi connectivity index (χ0v) is 17.8. The highest BCUT2D eigenvalue weighted by Gasteiger charge is 2.12. The van der Waals surface area contributed by atoms with Gasteiger partial charge < -0.3 is 20.2 Å². The lowest BCUT2D eigenvalue weighted by Crippen LogP contribution is -2.43. The third-order valence-corrected chi connectivity index (χ3v) is 4.44. The molecule has 0 spiro atoms. The van der Waals surface area contributed by atoms with Gasteiger partial charge in [0.25, 0.3) is 0 Å². The average Bonchev–Trinajstić information content (AvgIpc) is 2.70. The second-order valence-corrected chi connectivity index (χ2v) is 7.06. The summed E-state index contributed by atoms with van der Waals surface area (Å²) in [5.74, 6) is 0. The first kappa shape index (κ1) is 24.0. The number of anilines is 1. The number of likely N-dealkylation sites (N-methyl/N-ethyl adjacent to an activating group) is 1. The fourth-order valence-corrected chi connectivity index (χ4v) is 2.87. The van der Waals surface area contributed by atoms with Crippen LogP contribution in [-0.4, -0.2) is 62.8 Å². The molecule has 0 aliphatic carbocycles. The lowest BCUT2D eigenvalue weighted by atomic mass is 10.2. The maximum absolute atomic E-state index is 9.71. The molecule has 2 N–H and O–H groups in total. The molecular weight excluding hydrogens is 374 g/mol. The summed E-state index contributed by atoms with van der Waals surface area (Å²) in [6, 6.07) is 16.5. The number of aryl methyl sites for hydroxylation is 2. The Morgan fingerprint density at radius 2 is 1.75 bits per heavy atom. The van der Waals surface area contributed by atoms with E-state index >= 15 is 0 Å². The summed E-state index contributed by atoms with van der Waals surface area (Å²) in [7, 11) is 1.61. The molecule has 1 fully saturated rings. The maximum Gasteiger partial charge on any atom is 0.209 e. The van der Waals surface area contributed by atoms with Crippen molar-refractivity contribution >= 4 is 23.7 Å². The molecule has 6 heteroatoms. The number of hydrogen-bond donors (Lipinski definition) is 2. The number of carbonyl (C=O) groups is 1. The minimum Gasteiger partial charge on any atom is -0.395 e. The van der Waals surface area contributed by atoms with Crippen LogP contribution in [0.15, 0.2) is 48.5 Å². The van der Waals surface area contributed by atoms with Gasteiger partial charge in [-0.15, -0.1) is 0 Å². The number of aliphatic hydroxyl groups is 1. The van der Waals surface area contributed by atoms with Crippen molar-refractivity contribution in [3.63, 3.8) is 0 Å². The first-order chi connectivity index (χ1) is 13.5. The molecule has 154 valence electrons. The molecule has 1 heterocycles. The van der Waals surface area contributed by atoms with Gasteiger partial charge in [-0.2, -0.15) is 0 Å². The van der Waals surface area contributed by atoms with E-state index in [1.807, 2.05) is 24.3 Å². The van der Waals surface area contributed by atoms with E-state index in [-0.39, 0.29) is 6.61 Å². The Morgan fingerprint density at radius 3 is 2.18 bits per heavy atom. The molecule has 1 saturated heterocycles. The number of rotatable bonds is 4. The second kappa shape index (κ2) is 14.0. The predicted molar refractivity (Wildman–Crippen MR) is 118 cm³/mol. The number of piperazine rings is 1. The van der Waals surface area contributed by atoms with Crippen molar-refractivity contribution in [1.82, 2.24) is 10.2 Å². The van der Waals surface area contributed by atoms with Gasteiger partial charge in [-0.3, -0.25) is 4.79 Å². The second-order valence-electron chi connectivity index (χ2n) is 6.66. The number of hydrogen-bond acceptors (Lipinski definition) is 4. The minimum absolute atomic E-state index is 0.0369. The van der Waals surface area contributed by atoms with Crippen LogP contribution in [0.1, 0.15) is 11.1 Å². The van der Waals surface area contributed by atoms with Crippen molar-refractivity contribution in [1.29, 1.82) is 0 Å². The summed E-state index contributed by atoms with van der Waals surface area (Å²) in [5, 5.41) is 12.4. The minimum atomic E-state index is 0.0369. The highest BCUT2D eigenvalue weighted by atomic mass is 35.5. The van der Waals surface area contributed by atoms with Crippen molar-refractivity contribution < 1.29 is 9.90 Å². The molecule has 0 bridgehead atoms. The molecular formula is C22H32ClN3O2. The van der Waals surface area contributed by atoms with E-state index in [4.69, 9.17) is 16.7 Å². The van der Waals surface area contributed by atoms with Crippen LogP contribution in [0.5, 0.6) is 0 Å². The van der Waals surface area contributed by atoms with Crippen LogP contribution in [0.25, 0.3) is 0 Å². The summed E-state index contributed by atoms with van der Waals surface area (Å²) in [6.45, 7) is 8.78. The number of benzene rings is 2. The number of amides is 1. The third kappa shape index (κ3) is 9.74. The van der Waals surface area contributed by atoms with Crippen molar-refractivity contribution in [2.24, 2.45) is 0 Å². The largest absolute Gasteiger partial charge is 0.395 e. The van der Waals surface area contributed by atoms with E-state index in [1.54, 1.807) is 7.05 Å². The Labute approximate surface area is 173 Å². The summed E-state index contributed by atoms with van der Waals surface area (Å²) in [4.78, 5) is 13.4. The van der Waals surface area contributed by atoms with Crippen LogP contribution in [0.3, 0.4) is 0 Å². The van der Waals surface area contributed by atoms with E-state index in [0.29, 0.717) is 13.0 Å². The Bertz CT molecular complexity index is 677. The smallest absolute Gasteiger partial charge is 0.209 e. The van der Waals surface area contributed by atoms with Crippen molar-refractivity contribution in [3.8, 4) is 0 Å². The number of aliphatic hydroxyl groups excluding tert-OH is 1. The first-order valence-corrected chi connectivity index (χ1v) is 9.85. The SMILES string of the molecule is CN(C=O)CCO.Cc1ccc(N2CCNCC2)c(Cl)c1.Cc1ccccc1. The normalized spacial score (nSPS) is 12.8. The summed E-state index contributed by atoms with van der Waals surface area (Å²) in [5.41, 5.74) is 3.70. The van der Waals surface area contributed by atoms with Gasteiger partial charge in [0.05, 0.1) is 17.3 Å². The monoisotopic (exact) mass is 405 g/mol. The van der Waals surface area contributed by atoms with Gasteiger partial charge in [-0.25, -0.2) is 0 Å². The van der Waals surface area contributed by atoms with Crippen LogP contribution in [0.4, 0.5) is 5.69 Å². The average molecular weight is 406 g/mol. The van der Waals surface area contributed by atoms with E-state index in [0.717, 1.165) is 31.2 Å². The number of nitrogens with one attached hydrogen (secondary N) is 1. The Morgan fingerprint density at radius 1 is 1.11 bits per heavy atom. The number of halogens is 1. The predicted octanol–water partition coefficient (Wildman–Crippen LogP) is 3.12. The maximum atomic E-state index is 9.71. The highest BCUT2D eigenvalue weighted by molar-refractivity contribution is 6.33. The first-order valence-electron chi connectivity index (χ1n) is 9.47. The van der Waals surface area contributed by atoms with Gasteiger partial charge in [-0.1, -0.05) is 53.6 Å². The molecule has 3 rings (SSSR count). The highest BCUT2D eigenvalue weighted by Crippen LogP contribution is 2.26. The lowest BCUT2D eigenvalue weighted by molar-refractivity contribution is -0.117. The van der Waals surface area contributed by atoms with Crippen molar-refractivity contribution in [2.45, 2.75) is 13.8 Å². The van der Waals surface area contributed by atoms with E-state index in [1.165, 1.54) is 21.7 Å². The summed E-state index contributed by atoms with van der Waals surface area (Å²) in [6.07, 6.45) is 0.677. The topological polar surface area (TPSA) is 55.8 Å². The molecule has 1 aliphatic rings. The summed E-state index contributed by atoms with van der Waals surface area (Å²) >= 11 is 6.20. The van der Waals surface area contributed by atoms with Gasteiger partial charge in [-0.05, 0) is 31.5 Å². The van der Waals surface area contributed by atoms with Crippen LogP contribution in [-0.2, 0) is 4.79 Å². The Kier molecular flexibility index (Phi) is 12.0. The molecule has 5 nitrogen and oxygen atoms in total. The fourth-order valence-electron chi connectivity index (χ4n) is 2.52. The fraction of sp³-hybridized carbons (Fsp3) is 0.409. The Hall–Kier alpha value is -2.08.